The number of aromatic nitrogens is 1. The minimum atomic E-state index is 0.0325. The van der Waals surface area contributed by atoms with Crippen LogP contribution >= 0.6 is 0 Å². The van der Waals surface area contributed by atoms with Gasteiger partial charge in [-0.05, 0) is 0 Å². The van der Waals surface area contributed by atoms with Gasteiger partial charge in [0.15, 0.2) is 6.39 Å². The fraction of sp³-hybridized carbons (Fsp3) is 0.500. The molecule has 0 bridgehead atoms. The van der Waals surface area contributed by atoms with E-state index in [9.17, 15) is 4.79 Å². The van der Waals surface area contributed by atoms with Gasteiger partial charge in [-0.3, -0.25) is 4.79 Å². The van der Waals surface area contributed by atoms with Crippen LogP contribution in [0.15, 0.2) is 17.0 Å². The van der Waals surface area contributed by atoms with Gasteiger partial charge in [-0.1, -0.05) is 0 Å². The summed E-state index contributed by atoms with van der Waals surface area (Å²) in [6.45, 7) is 1.25. The van der Waals surface area contributed by atoms with Crippen molar-refractivity contribution in [1.29, 1.82) is 0 Å². The number of hydrogen-bond donors (Lipinski definition) is 2. The maximum atomic E-state index is 10.8. The Morgan fingerprint density at radius 3 is 3.15 bits per heavy atom. The van der Waals surface area contributed by atoms with Gasteiger partial charge in [0.1, 0.15) is 5.76 Å². The molecule has 2 N–H and O–H groups in total. The molecule has 0 spiro atoms. The second-order valence-corrected chi connectivity index (χ2v) is 2.57. The fourth-order valence-electron chi connectivity index (χ4n) is 0.868. The fourth-order valence-corrected chi connectivity index (χ4v) is 0.868. The topological polar surface area (TPSA) is 67.2 Å². The second-order valence-electron chi connectivity index (χ2n) is 2.57. The number of rotatable bonds is 5. The van der Waals surface area contributed by atoms with Crippen LogP contribution in [0.5, 0.6) is 0 Å². The van der Waals surface area contributed by atoms with Crippen LogP contribution in [0.4, 0.5) is 0 Å². The van der Waals surface area contributed by atoms with E-state index in [-0.39, 0.29) is 5.91 Å². The summed E-state index contributed by atoms with van der Waals surface area (Å²) in [5.74, 6) is 0.807. The van der Waals surface area contributed by atoms with E-state index in [4.69, 9.17) is 4.42 Å². The summed E-state index contributed by atoms with van der Waals surface area (Å²) in [6, 6.07) is 0. The highest BCUT2D eigenvalue weighted by Gasteiger charge is 1.98. The van der Waals surface area contributed by atoms with Gasteiger partial charge in [0, 0.05) is 20.0 Å². The van der Waals surface area contributed by atoms with E-state index in [0.29, 0.717) is 19.5 Å². The largest absolute Gasteiger partial charge is 0.447 e. The van der Waals surface area contributed by atoms with Crippen molar-refractivity contribution >= 4 is 5.91 Å². The molecule has 1 aromatic rings. The van der Waals surface area contributed by atoms with Crippen molar-refractivity contribution in [2.45, 2.75) is 13.0 Å². The Morgan fingerprint density at radius 2 is 2.54 bits per heavy atom. The van der Waals surface area contributed by atoms with Crippen LogP contribution in [-0.2, 0) is 11.3 Å². The molecule has 5 heteroatoms. The van der Waals surface area contributed by atoms with Gasteiger partial charge in [0.2, 0.25) is 5.91 Å². The molecule has 0 atom stereocenters. The summed E-state index contributed by atoms with van der Waals surface area (Å²) in [4.78, 5) is 14.6. The molecule has 1 heterocycles. The summed E-state index contributed by atoms with van der Waals surface area (Å²) >= 11 is 0. The smallest absolute Gasteiger partial charge is 0.221 e. The molecule has 0 aliphatic heterocycles. The Labute approximate surface area is 76.5 Å². The lowest BCUT2D eigenvalue weighted by Gasteiger charge is -2.00. The zero-order chi connectivity index (χ0) is 9.52. The zero-order valence-corrected chi connectivity index (χ0v) is 7.54. The highest BCUT2D eigenvalue weighted by Crippen LogP contribution is 1.94. The van der Waals surface area contributed by atoms with Gasteiger partial charge >= 0.3 is 0 Å². The molecule has 72 valence electrons. The molecular weight excluding hydrogens is 170 g/mol. The number of amides is 1. The molecule has 0 saturated carbocycles. The molecule has 5 nitrogen and oxygen atoms in total. The Bertz CT molecular complexity index is 246. The van der Waals surface area contributed by atoms with Gasteiger partial charge in [-0.15, -0.1) is 0 Å². The average Bonchev–Trinajstić information content (AvgIpc) is 2.64. The molecule has 13 heavy (non-hydrogen) atoms. The highest BCUT2D eigenvalue weighted by molar-refractivity contribution is 5.75. The number of oxazole rings is 1. The third kappa shape index (κ3) is 3.71. The maximum absolute atomic E-state index is 10.8. The number of carbonyl (C=O) groups excluding carboxylic acids is 1. The van der Waals surface area contributed by atoms with E-state index in [1.165, 1.54) is 6.39 Å². The molecule has 0 radical (unpaired) electrons. The van der Waals surface area contributed by atoms with E-state index in [2.05, 4.69) is 15.6 Å². The monoisotopic (exact) mass is 183 g/mol. The molecule has 0 fully saturated rings. The van der Waals surface area contributed by atoms with Crippen molar-refractivity contribution in [2.24, 2.45) is 0 Å². The quantitative estimate of drug-likeness (QED) is 0.625. The standard InChI is InChI=1S/C8H13N3O2/c1-9-8(12)2-3-10-4-7-5-11-6-13-7/h5-6,10H,2-4H2,1H3,(H,9,12). The SMILES string of the molecule is CNC(=O)CCNCc1cnco1. The lowest BCUT2D eigenvalue weighted by Crippen LogP contribution is -2.24. The molecule has 0 aliphatic rings. The van der Waals surface area contributed by atoms with Crippen molar-refractivity contribution in [3.05, 3.63) is 18.4 Å². The lowest BCUT2D eigenvalue weighted by molar-refractivity contribution is -0.120. The van der Waals surface area contributed by atoms with Crippen molar-refractivity contribution < 1.29 is 9.21 Å². The van der Waals surface area contributed by atoms with Crippen LogP contribution in [0.3, 0.4) is 0 Å². The summed E-state index contributed by atoms with van der Waals surface area (Å²) in [6.07, 6.45) is 3.51. The van der Waals surface area contributed by atoms with Gasteiger partial charge in [-0.2, -0.15) is 0 Å². The Morgan fingerprint density at radius 1 is 1.69 bits per heavy atom. The second kappa shape index (κ2) is 5.31. The zero-order valence-electron chi connectivity index (χ0n) is 7.54. The van der Waals surface area contributed by atoms with E-state index < -0.39 is 0 Å². The number of nitrogens with zero attached hydrogens (tertiary/aromatic N) is 1. The minimum Gasteiger partial charge on any atom is -0.447 e. The van der Waals surface area contributed by atoms with Crippen molar-refractivity contribution in [1.82, 2.24) is 15.6 Å². The maximum Gasteiger partial charge on any atom is 0.221 e. The summed E-state index contributed by atoms with van der Waals surface area (Å²) < 4.78 is 4.99. The van der Waals surface area contributed by atoms with Crippen molar-refractivity contribution in [3.8, 4) is 0 Å². The normalized spacial score (nSPS) is 9.92. The third-order valence-electron chi connectivity index (χ3n) is 1.59. The Kier molecular flexibility index (Phi) is 3.98. The van der Waals surface area contributed by atoms with Crippen LogP contribution in [0.25, 0.3) is 0 Å². The molecule has 1 amide bonds. The summed E-state index contributed by atoms with van der Waals surface area (Å²) in [5.41, 5.74) is 0. The van der Waals surface area contributed by atoms with E-state index in [1.54, 1.807) is 13.2 Å². The molecule has 0 saturated heterocycles. The predicted octanol–water partition coefficient (Wildman–Crippen LogP) is -0.0997. The highest BCUT2D eigenvalue weighted by atomic mass is 16.3. The van der Waals surface area contributed by atoms with E-state index in [0.717, 1.165) is 5.76 Å². The number of hydrogen-bond acceptors (Lipinski definition) is 4. The Hall–Kier alpha value is -1.36. The predicted molar refractivity (Wildman–Crippen MR) is 46.9 cm³/mol. The summed E-state index contributed by atoms with van der Waals surface area (Å²) in [7, 11) is 1.62. The van der Waals surface area contributed by atoms with Gasteiger partial charge in [0.25, 0.3) is 0 Å². The van der Waals surface area contributed by atoms with Crippen LogP contribution < -0.4 is 10.6 Å². The average molecular weight is 183 g/mol. The van der Waals surface area contributed by atoms with Crippen molar-refractivity contribution in [3.63, 3.8) is 0 Å². The van der Waals surface area contributed by atoms with Gasteiger partial charge in [-0.25, -0.2) is 4.98 Å². The molecule has 1 aromatic heterocycles. The molecule has 0 aromatic carbocycles. The summed E-state index contributed by atoms with van der Waals surface area (Å²) in [5, 5.41) is 5.60. The van der Waals surface area contributed by atoms with E-state index in [1.807, 2.05) is 0 Å². The van der Waals surface area contributed by atoms with Crippen LogP contribution in [-0.4, -0.2) is 24.5 Å². The number of carbonyl (C=O) groups is 1. The minimum absolute atomic E-state index is 0.0325. The van der Waals surface area contributed by atoms with Crippen molar-refractivity contribution in [2.75, 3.05) is 13.6 Å². The Balaban J connectivity index is 2.05. The third-order valence-corrected chi connectivity index (χ3v) is 1.59. The van der Waals surface area contributed by atoms with Crippen LogP contribution in [0.2, 0.25) is 0 Å². The molecular formula is C8H13N3O2. The van der Waals surface area contributed by atoms with Crippen LogP contribution in [0, 0.1) is 0 Å². The number of nitrogens with one attached hydrogen (secondary N) is 2. The van der Waals surface area contributed by atoms with E-state index >= 15 is 0 Å². The first kappa shape index (κ1) is 9.73. The first-order chi connectivity index (χ1) is 6.33. The molecule has 1 rings (SSSR count). The first-order valence-electron chi connectivity index (χ1n) is 4.11. The van der Waals surface area contributed by atoms with Crippen LogP contribution in [0.1, 0.15) is 12.2 Å². The van der Waals surface area contributed by atoms with Gasteiger partial charge in [0.05, 0.1) is 12.7 Å². The first-order valence-corrected chi connectivity index (χ1v) is 4.11. The lowest BCUT2D eigenvalue weighted by atomic mass is 10.4. The molecule has 0 aliphatic carbocycles. The van der Waals surface area contributed by atoms with Gasteiger partial charge < -0.3 is 15.1 Å². The molecule has 0 unspecified atom stereocenters.